The topological polar surface area (TPSA) is 35.5 Å². The molecule has 4 heteroatoms. The van der Waals surface area contributed by atoms with Crippen molar-refractivity contribution in [2.24, 2.45) is 0 Å². The summed E-state index contributed by atoms with van der Waals surface area (Å²) >= 11 is 3.49. The van der Waals surface area contributed by atoms with Gasteiger partial charge in [-0.15, -0.1) is 0 Å². The van der Waals surface area contributed by atoms with Gasteiger partial charge in [-0.1, -0.05) is 35.0 Å². The van der Waals surface area contributed by atoms with Gasteiger partial charge in [-0.25, -0.2) is 0 Å². The minimum atomic E-state index is -0.0812. The van der Waals surface area contributed by atoms with Gasteiger partial charge in [0.05, 0.1) is 6.10 Å². The molecule has 0 aromatic heterocycles. The van der Waals surface area contributed by atoms with E-state index in [-0.39, 0.29) is 6.10 Å². The zero-order chi connectivity index (χ0) is 14.4. The molecule has 1 heterocycles. The van der Waals surface area contributed by atoms with Gasteiger partial charge in [-0.2, -0.15) is 0 Å². The van der Waals surface area contributed by atoms with Gasteiger partial charge < -0.3 is 15.3 Å². The quantitative estimate of drug-likeness (QED) is 0.835. The second-order valence-corrected chi connectivity index (χ2v) is 6.44. The van der Waals surface area contributed by atoms with E-state index in [9.17, 15) is 5.11 Å². The molecule has 0 radical (unpaired) electrons. The Kier molecular flexibility index (Phi) is 6.49. The van der Waals surface area contributed by atoms with Crippen LogP contribution in [-0.2, 0) is 0 Å². The number of nitrogens with zero attached hydrogens (tertiary/aromatic N) is 1. The normalized spacial score (nSPS) is 19.1. The molecule has 1 atom stereocenters. The highest BCUT2D eigenvalue weighted by Crippen LogP contribution is 2.21. The molecular weight excluding hydrogens is 316 g/mol. The van der Waals surface area contributed by atoms with Crippen LogP contribution in [0.3, 0.4) is 0 Å². The van der Waals surface area contributed by atoms with Gasteiger partial charge in [0.25, 0.3) is 0 Å². The molecule has 1 saturated heterocycles. The highest BCUT2D eigenvalue weighted by atomic mass is 79.9. The molecule has 1 aromatic carbocycles. The first-order chi connectivity index (χ1) is 9.69. The molecule has 1 aliphatic heterocycles. The van der Waals surface area contributed by atoms with E-state index < -0.39 is 0 Å². The summed E-state index contributed by atoms with van der Waals surface area (Å²) in [5.41, 5.74) is 1.35. The van der Waals surface area contributed by atoms with Crippen molar-refractivity contribution in [1.82, 2.24) is 10.2 Å². The van der Waals surface area contributed by atoms with Crippen LogP contribution in [-0.4, -0.2) is 42.3 Å². The number of piperidine rings is 1. The van der Waals surface area contributed by atoms with Gasteiger partial charge in [-0.3, -0.25) is 0 Å². The number of aliphatic hydroxyl groups is 1. The lowest BCUT2D eigenvalue weighted by molar-refractivity contribution is 0.0806. The molecule has 1 fully saturated rings. The fraction of sp³-hybridized carbons (Fsp3) is 0.625. The predicted octanol–water partition coefficient (Wildman–Crippen LogP) is 2.95. The lowest BCUT2D eigenvalue weighted by atomic mass is 10.0. The molecule has 2 N–H and O–H groups in total. The number of halogens is 1. The van der Waals surface area contributed by atoms with Gasteiger partial charge in [0, 0.05) is 23.6 Å². The Morgan fingerprint density at radius 3 is 2.55 bits per heavy atom. The van der Waals surface area contributed by atoms with Crippen LogP contribution in [0.15, 0.2) is 28.7 Å². The van der Waals surface area contributed by atoms with Crippen LogP contribution in [0, 0.1) is 0 Å². The van der Waals surface area contributed by atoms with Crippen molar-refractivity contribution in [2.45, 2.75) is 38.3 Å². The fourth-order valence-electron chi connectivity index (χ4n) is 2.78. The van der Waals surface area contributed by atoms with Gasteiger partial charge in [0.2, 0.25) is 0 Å². The van der Waals surface area contributed by atoms with Crippen molar-refractivity contribution >= 4 is 15.9 Å². The molecule has 0 amide bonds. The SMILES string of the molecule is CCNC(CCN1CCC(O)CC1)c1ccc(Br)cc1. The Morgan fingerprint density at radius 2 is 1.95 bits per heavy atom. The first kappa shape index (κ1) is 16.0. The zero-order valence-corrected chi connectivity index (χ0v) is 13.8. The third-order valence-corrected chi connectivity index (χ3v) is 4.54. The van der Waals surface area contributed by atoms with E-state index in [1.54, 1.807) is 0 Å². The largest absolute Gasteiger partial charge is 0.393 e. The molecule has 1 aliphatic rings. The molecule has 112 valence electrons. The molecular formula is C16H25BrN2O. The van der Waals surface area contributed by atoms with Crippen molar-refractivity contribution in [3.05, 3.63) is 34.3 Å². The average Bonchev–Trinajstić information content (AvgIpc) is 2.46. The minimum absolute atomic E-state index is 0.0812. The van der Waals surface area contributed by atoms with Crippen LogP contribution in [0.25, 0.3) is 0 Å². The Bertz CT molecular complexity index is 388. The fourth-order valence-corrected chi connectivity index (χ4v) is 3.05. The van der Waals surface area contributed by atoms with Crippen LogP contribution < -0.4 is 5.32 Å². The third kappa shape index (κ3) is 4.85. The number of likely N-dealkylation sites (tertiary alicyclic amines) is 1. The first-order valence-electron chi connectivity index (χ1n) is 7.58. The number of rotatable bonds is 6. The summed E-state index contributed by atoms with van der Waals surface area (Å²) in [6, 6.07) is 9.02. The van der Waals surface area contributed by atoms with Crippen molar-refractivity contribution < 1.29 is 5.11 Å². The summed E-state index contributed by atoms with van der Waals surface area (Å²) < 4.78 is 1.13. The predicted molar refractivity (Wildman–Crippen MR) is 86.9 cm³/mol. The van der Waals surface area contributed by atoms with E-state index in [0.29, 0.717) is 6.04 Å². The Morgan fingerprint density at radius 1 is 1.30 bits per heavy atom. The van der Waals surface area contributed by atoms with Crippen molar-refractivity contribution in [3.63, 3.8) is 0 Å². The van der Waals surface area contributed by atoms with E-state index >= 15 is 0 Å². The summed E-state index contributed by atoms with van der Waals surface area (Å²) in [5, 5.41) is 13.1. The second kappa shape index (κ2) is 8.13. The standard InChI is InChI=1S/C16H25BrN2O/c1-2-18-16(13-3-5-14(17)6-4-13)9-12-19-10-7-15(20)8-11-19/h3-6,15-16,18,20H,2,7-12H2,1H3. The van der Waals surface area contributed by atoms with Crippen molar-refractivity contribution in [3.8, 4) is 0 Å². The van der Waals surface area contributed by atoms with E-state index in [1.807, 2.05) is 0 Å². The maximum atomic E-state index is 9.55. The number of hydrogen-bond donors (Lipinski definition) is 2. The van der Waals surface area contributed by atoms with Crippen molar-refractivity contribution in [2.75, 3.05) is 26.2 Å². The number of aliphatic hydroxyl groups excluding tert-OH is 1. The van der Waals surface area contributed by atoms with Gasteiger partial charge >= 0.3 is 0 Å². The Labute approximate surface area is 130 Å². The third-order valence-electron chi connectivity index (χ3n) is 4.01. The first-order valence-corrected chi connectivity index (χ1v) is 8.37. The van der Waals surface area contributed by atoms with Crippen LogP contribution >= 0.6 is 15.9 Å². The molecule has 0 spiro atoms. The number of hydrogen-bond acceptors (Lipinski definition) is 3. The zero-order valence-electron chi connectivity index (χ0n) is 12.2. The highest BCUT2D eigenvalue weighted by Gasteiger charge is 2.18. The monoisotopic (exact) mass is 340 g/mol. The summed E-state index contributed by atoms with van der Waals surface area (Å²) in [6.07, 6.45) is 2.88. The summed E-state index contributed by atoms with van der Waals surface area (Å²) in [5.74, 6) is 0. The molecule has 0 saturated carbocycles. The molecule has 0 aliphatic carbocycles. The van der Waals surface area contributed by atoms with E-state index in [2.05, 4.69) is 57.3 Å². The average molecular weight is 341 g/mol. The van der Waals surface area contributed by atoms with Gasteiger partial charge in [0.15, 0.2) is 0 Å². The van der Waals surface area contributed by atoms with Crippen LogP contribution in [0.5, 0.6) is 0 Å². The van der Waals surface area contributed by atoms with Crippen LogP contribution in [0.1, 0.15) is 37.8 Å². The van der Waals surface area contributed by atoms with E-state index in [4.69, 9.17) is 0 Å². The molecule has 2 rings (SSSR count). The Balaban J connectivity index is 1.87. The maximum Gasteiger partial charge on any atom is 0.0564 e. The Hall–Kier alpha value is -0.420. The van der Waals surface area contributed by atoms with Crippen LogP contribution in [0.2, 0.25) is 0 Å². The minimum Gasteiger partial charge on any atom is -0.393 e. The summed E-state index contributed by atoms with van der Waals surface area (Å²) in [7, 11) is 0. The number of benzene rings is 1. The summed E-state index contributed by atoms with van der Waals surface area (Å²) in [6.45, 7) is 6.30. The smallest absolute Gasteiger partial charge is 0.0564 e. The highest BCUT2D eigenvalue weighted by molar-refractivity contribution is 9.10. The lowest BCUT2D eigenvalue weighted by Crippen LogP contribution is -2.37. The van der Waals surface area contributed by atoms with E-state index in [1.165, 1.54) is 5.56 Å². The maximum absolute atomic E-state index is 9.55. The molecule has 1 aromatic rings. The van der Waals surface area contributed by atoms with Gasteiger partial charge in [0.1, 0.15) is 0 Å². The van der Waals surface area contributed by atoms with Crippen LogP contribution in [0.4, 0.5) is 0 Å². The lowest BCUT2D eigenvalue weighted by Gasteiger charge is -2.31. The molecule has 1 unspecified atom stereocenters. The molecule has 20 heavy (non-hydrogen) atoms. The second-order valence-electron chi connectivity index (χ2n) is 5.52. The van der Waals surface area contributed by atoms with E-state index in [0.717, 1.165) is 49.9 Å². The number of nitrogens with one attached hydrogen (secondary N) is 1. The van der Waals surface area contributed by atoms with Crippen molar-refractivity contribution in [1.29, 1.82) is 0 Å². The molecule has 3 nitrogen and oxygen atoms in total. The van der Waals surface area contributed by atoms with Gasteiger partial charge in [-0.05, 0) is 50.0 Å². The molecule has 0 bridgehead atoms. The summed E-state index contributed by atoms with van der Waals surface area (Å²) in [4.78, 5) is 2.47.